The van der Waals surface area contributed by atoms with E-state index in [2.05, 4.69) is 44.0 Å². The normalized spacial score (nSPS) is 11.7. The summed E-state index contributed by atoms with van der Waals surface area (Å²) in [7, 11) is 0. The molecule has 0 amide bonds. The van der Waals surface area contributed by atoms with Crippen LogP contribution in [0.2, 0.25) is 0 Å². The van der Waals surface area contributed by atoms with Crippen molar-refractivity contribution in [2.75, 3.05) is 19.6 Å². The molecular formula is C17H32N2O. The van der Waals surface area contributed by atoms with Crippen LogP contribution in [0.4, 0.5) is 0 Å². The minimum atomic E-state index is 0.809. The van der Waals surface area contributed by atoms with Crippen LogP contribution in [-0.4, -0.2) is 24.5 Å². The fourth-order valence-corrected chi connectivity index (χ4v) is 2.50. The minimum Gasteiger partial charge on any atom is -0.468 e. The average Bonchev–Trinajstić information content (AvgIpc) is 2.91. The summed E-state index contributed by atoms with van der Waals surface area (Å²) in [5.41, 5.74) is 1.33. The summed E-state index contributed by atoms with van der Waals surface area (Å²) in [5.74, 6) is 1.91. The van der Waals surface area contributed by atoms with Crippen molar-refractivity contribution in [1.82, 2.24) is 10.2 Å². The van der Waals surface area contributed by atoms with E-state index in [9.17, 15) is 0 Å². The summed E-state index contributed by atoms with van der Waals surface area (Å²) in [5, 5.41) is 3.42. The van der Waals surface area contributed by atoms with Crippen molar-refractivity contribution in [1.29, 1.82) is 0 Å². The Kier molecular flexibility index (Phi) is 8.63. The minimum absolute atomic E-state index is 0.809. The molecule has 0 aromatic carbocycles. The molecule has 0 bridgehead atoms. The van der Waals surface area contributed by atoms with Gasteiger partial charge in [0.1, 0.15) is 5.76 Å². The summed E-state index contributed by atoms with van der Waals surface area (Å²) in [6, 6.07) is 2.12. The van der Waals surface area contributed by atoms with E-state index in [1.165, 1.54) is 24.9 Å². The van der Waals surface area contributed by atoms with Gasteiger partial charge in [0.25, 0.3) is 0 Å². The van der Waals surface area contributed by atoms with Crippen molar-refractivity contribution in [3.8, 4) is 0 Å². The van der Waals surface area contributed by atoms with Crippen LogP contribution in [0.1, 0.15) is 58.3 Å². The van der Waals surface area contributed by atoms with Crippen LogP contribution in [0.5, 0.6) is 0 Å². The van der Waals surface area contributed by atoms with Gasteiger partial charge in [-0.1, -0.05) is 40.5 Å². The Bertz CT molecular complexity index is 345. The van der Waals surface area contributed by atoms with Gasteiger partial charge in [0.05, 0.1) is 12.8 Å². The van der Waals surface area contributed by atoms with Crippen LogP contribution in [0.15, 0.2) is 16.7 Å². The molecule has 1 N–H and O–H groups in total. The van der Waals surface area contributed by atoms with Gasteiger partial charge in [-0.15, -0.1) is 0 Å². The molecule has 1 rings (SSSR count). The topological polar surface area (TPSA) is 28.4 Å². The Morgan fingerprint density at radius 1 is 1.20 bits per heavy atom. The molecule has 1 aromatic rings. The van der Waals surface area contributed by atoms with Crippen molar-refractivity contribution in [3.05, 3.63) is 23.7 Å². The number of hydrogen-bond donors (Lipinski definition) is 1. The molecule has 0 aliphatic rings. The third kappa shape index (κ3) is 5.68. The van der Waals surface area contributed by atoms with Gasteiger partial charge in [-0.3, -0.25) is 4.90 Å². The average molecular weight is 280 g/mol. The fourth-order valence-electron chi connectivity index (χ4n) is 2.50. The first kappa shape index (κ1) is 17.3. The van der Waals surface area contributed by atoms with Crippen molar-refractivity contribution >= 4 is 0 Å². The maximum absolute atomic E-state index is 5.63. The third-order valence-corrected chi connectivity index (χ3v) is 4.06. The second-order valence-corrected chi connectivity index (χ2v) is 5.56. The zero-order valence-electron chi connectivity index (χ0n) is 13.7. The van der Waals surface area contributed by atoms with Gasteiger partial charge in [0.15, 0.2) is 0 Å². The lowest BCUT2D eigenvalue weighted by atomic mass is 10.0. The molecule has 116 valence electrons. The summed E-state index contributed by atoms with van der Waals surface area (Å²) < 4.78 is 5.63. The number of rotatable bonds is 11. The summed E-state index contributed by atoms with van der Waals surface area (Å²) in [4.78, 5) is 2.53. The van der Waals surface area contributed by atoms with Crippen molar-refractivity contribution in [3.63, 3.8) is 0 Å². The second kappa shape index (κ2) is 10.0. The van der Waals surface area contributed by atoms with Gasteiger partial charge in [0.2, 0.25) is 0 Å². The summed E-state index contributed by atoms with van der Waals surface area (Å²) in [6.45, 7) is 14.2. The summed E-state index contributed by atoms with van der Waals surface area (Å²) >= 11 is 0. The first-order valence-electron chi connectivity index (χ1n) is 8.23. The molecule has 0 fully saturated rings. The van der Waals surface area contributed by atoms with Crippen LogP contribution < -0.4 is 5.32 Å². The van der Waals surface area contributed by atoms with Gasteiger partial charge < -0.3 is 9.73 Å². The number of furan rings is 1. The van der Waals surface area contributed by atoms with E-state index in [4.69, 9.17) is 4.42 Å². The Labute approximate surface area is 124 Å². The van der Waals surface area contributed by atoms with E-state index >= 15 is 0 Å². The zero-order valence-corrected chi connectivity index (χ0v) is 13.7. The number of nitrogens with zero attached hydrogens (tertiary/aromatic N) is 1. The Hall–Kier alpha value is -0.800. The maximum Gasteiger partial charge on any atom is 0.122 e. The molecule has 3 heteroatoms. The Balaban J connectivity index is 2.54. The lowest BCUT2D eigenvalue weighted by Gasteiger charge is -2.25. The molecule has 0 aliphatic carbocycles. The second-order valence-electron chi connectivity index (χ2n) is 5.56. The maximum atomic E-state index is 5.63. The first-order chi connectivity index (χ1) is 9.74. The largest absolute Gasteiger partial charge is 0.468 e. The highest BCUT2D eigenvalue weighted by Crippen LogP contribution is 2.16. The van der Waals surface area contributed by atoms with E-state index in [1.54, 1.807) is 0 Å². The van der Waals surface area contributed by atoms with Gasteiger partial charge in [-0.2, -0.15) is 0 Å². The third-order valence-electron chi connectivity index (χ3n) is 4.06. The molecular weight excluding hydrogens is 248 g/mol. The van der Waals surface area contributed by atoms with Gasteiger partial charge in [0, 0.05) is 18.7 Å². The molecule has 0 saturated carbocycles. The van der Waals surface area contributed by atoms with Gasteiger partial charge in [-0.05, 0) is 31.5 Å². The molecule has 0 unspecified atom stereocenters. The quantitative estimate of drug-likeness (QED) is 0.620. The van der Waals surface area contributed by atoms with Gasteiger partial charge >= 0.3 is 0 Å². The summed E-state index contributed by atoms with van der Waals surface area (Å²) in [6.07, 6.45) is 5.52. The molecule has 3 nitrogen and oxygen atoms in total. The fraction of sp³-hybridized carbons (Fsp3) is 0.765. The molecule has 20 heavy (non-hydrogen) atoms. The SMILES string of the molecule is CCCNCc1occc1CN(CC)CC(CC)CC. The van der Waals surface area contributed by atoms with Gasteiger partial charge in [-0.25, -0.2) is 0 Å². The highest BCUT2D eigenvalue weighted by molar-refractivity contribution is 5.16. The predicted molar refractivity (Wildman–Crippen MR) is 85.7 cm³/mol. The highest BCUT2D eigenvalue weighted by Gasteiger charge is 2.13. The monoisotopic (exact) mass is 280 g/mol. The highest BCUT2D eigenvalue weighted by atomic mass is 16.3. The van der Waals surface area contributed by atoms with E-state index < -0.39 is 0 Å². The standard InChI is InChI=1S/C17H32N2O/c1-5-10-18-12-17-16(9-11-20-17)14-19(8-4)13-15(6-2)7-3/h9,11,15,18H,5-8,10,12-14H2,1-4H3. The van der Waals surface area contributed by atoms with E-state index in [0.29, 0.717) is 0 Å². The van der Waals surface area contributed by atoms with Crippen LogP contribution in [0.25, 0.3) is 0 Å². The number of hydrogen-bond acceptors (Lipinski definition) is 3. The number of nitrogens with one attached hydrogen (secondary N) is 1. The molecule has 0 spiro atoms. The van der Waals surface area contributed by atoms with Crippen molar-refractivity contribution in [2.24, 2.45) is 5.92 Å². The first-order valence-corrected chi connectivity index (χ1v) is 8.23. The Morgan fingerprint density at radius 3 is 2.55 bits per heavy atom. The van der Waals surface area contributed by atoms with E-state index in [-0.39, 0.29) is 0 Å². The zero-order chi connectivity index (χ0) is 14.8. The molecule has 0 radical (unpaired) electrons. The lowest BCUT2D eigenvalue weighted by molar-refractivity contribution is 0.224. The van der Waals surface area contributed by atoms with Crippen LogP contribution >= 0.6 is 0 Å². The van der Waals surface area contributed by atoms with Crippen LogP contribution in [-0.2, 0) is 13.1 Å². The predicted octanol–water partition coefficient (Wildman–Crippen LogP) is 4.04. The van der Waals surface area contributed by atoms with Crippen molar-refractivity contribution < 1.29 is 4.42 Å². The molecule has 0 atom stereocenters. The van der Waals surface area contributed by atoms with Crippen molar-refractivity contribution in [2.45, 2.75) is 60.0 Å². The molecule has 1 aromatic heterocycles. The lowest BCUT2D eigenvalue weighted by Crippen LogP contribution is -2.29. The molecule has 1 heterocycles. The molecule has 0 aliphatic heterocycles. The van der Waals surface area contributed by atoms with Crippen LogP contribution in [0.3, 0.4) is 0 Å². The Morgan fingerprint density at radius 2 is 1.95 bits per heavy atom. The molecule has 0 saturated heterocycles. The smallest absolute Gasteiger partial charge is 0.122 e. The van der Waals surface area contributed by atoms with Crippen LogP contribution in [0, 0.1) is 5.92 Å². The van der Waals surface area contributed by atoms with E-state index in [0.717, 1.165) is 44.3 Å². The van der Waals surface area contributed by atoms with E-state index in [1.807, 2.05) is 6.26 Å².